The normalized spacial score (nSPS) is 15.4. The predicted molar refractivity (Wildman–Crippen MR) is 108 cm³/mol. The number of carbonyl (C=O) groups excluding carboxylic acids is 3. The molecule has 0 saturated carbocycles. The average Bonchev–Trinajstić information content (AvgIpc) is 2.74. The number of nitrogens with two attached hydrogens (primary N) is 1. The lowest BCUT2D eigenvalue weighted by Gasteiger charge is -2.38. The molecular formula is C21H24N4O4. The Balaban J connectivity index is 1.61. The standard InChI is InChI=1S/C21H24N4O4/c1-29-20(27)16-8-5-9-17(14-16)23-21(28)25-12-10-24(11-13-25)18(19(22)26)15-6-3-2-4-7-15/h2-9,14,18H,10-13H2,1H3,(H2,22,26)(H,23,28)/t18-/m0/s1. The predicted octanol–water partition coefficient (Wildman–Crippen LogP) is 1.85. The summed E-state index contributed by atoms with van der Waals surface area (Å²) in [6, 6.07) is 15.2. The molecule has 1 aliphatic heterocycles. The van der Waals surface area contributed by atoms with E-state index in [9.17, 15) is 14.4 Å². The maximum Gasteiger partial charge on any atom is 0.337 e. The SMILES string of the molecule is COC(=O)c1cccc(NC(=O)N2CCN([C@H](C(N)=O)c3ccccc3)CC2)c1. The van der Waals surface area contributed by atoms with Crippen molar-refractivity contribution >= 4 is 23.6 Å². The molecule has 3 N–H and O–H groups in total. The van der Waals surface area contributed by atoms with Gasteiger partial charge < -0.3 is 20.7 Å². The third-order valence-corrected chi connectivity index (χ3v) is 4.89. The van der Waals surface area contributed by atoms with Crippen LogP contribution < -0.4 is 11.1 Å². The molecule has 8 heteroatoms. The van der Waals surface area contributed by atoms with Crippen LogP contribution in [-0.2, 0) is 9.53 Å². The number of amides is 3. The zero-order valence-corrected chi connectivity index (χ0v) is 16.2. The molecule has 3 rings (SSSR count). The summed E-state index contributed by atoms with van der Waals surface area (Å²) in [5, 5.41) is 2.80. The van der Waals surface area contributed by atoms with E-state index in [1.165, 1.54) is 7.11 Å². The molecule has 1 saturated heterocycles. The summed E-state index contributed by atoms with van der Waals surface area (Å²) in [5.41, 5.74) is 7.36. The number of esters is 1. The Morgan fingerprint density at radius 3 is 2.31 bits per heavy atom. The number of rotatable bonds is 5. The number of piperazine rings is 1. The van der Waals surface area contributed by atoms with E-state index < -0.39 is 17.9 Å². The van der Waals surface area contributed by atoms with Crippen molar-refractivity contribution in [3.8, 4) is 0 Å². The Labute approximate surface area is 169 Å². The quantitative estimate of drug-likeness (QED) is 0.751. The number of ether oxygens (including phenoxy) is 1. The highest BCUT2D eigenvalue weighted by Gasteiger charge is 2.30. The third kappa shape index (κ3) is 4.91. The lowest BCUT2D eigenvalue weighted by molar-refractivity contribution is -0.124. The van der Waals surface area contributed by atoms with Crippen LogP contribution in [0.4, 0.5) is 10.5 Å². The van der Waals surface area contributed by atoms with E-state index in [0.717, 1.165) is 5.56 Å². The van der Waals surface area contributed by atoms with Crippen molar-refractivity contribution in [1.82, 2.24) is 9.80 Å². The van der Waals surface area contributed by atoms with Gasteiger partial charge in [0.05, 0.1) is 12.7 Å². The van der Waals surface area contributed by atoms with Gasteiger partial charge in [0.2, 0.25) is 5.91 Å². The highest BCUT2D eigenvalue weighted by molar-refractivity contribution is 5.94. The van der Waals surface area contributed by atoms with Crippen LogP contribution in [0.25, 0.3) is 0 Å². The van der Waals surface area contributed by atoms with E-state index in [4.69, 9.17) is 10.5 Å². The summed E-state index contributed by atoms with van der Waals surface area (Å²) in [6.45, 7) is 1.97. The Kier molecular flexibility index (Phi) is 6.46. The Morgan fingerprint density at radius 1 is 1.00 bits per heavy atom. The molecule has 29 heavy (non-hydrogen) atoms. The second-order valence-electron chi connectivity index (χ2n) is 6.74. The van der Waals surface area contributed by atoms with Crippen molar-refractivity contribution in [1.29, 1.82) is 0 Å². The molecule has 0 bridgehead atoms. The molecule has 0 aromatic heterocycles. The van der Waals surface area contributed by atoms with E-state index in [2.05, 4.69) is 5.32 Å². The number of carbonyl (C=O) groups is 3. The second kappa shape index (κ2) is 9.20. The Bertz CT molecular complexity index is 879. The van der Waals surface area contributed by atoms with Gasteiger partial charge in [0, 0.05) is 31.9 Å². The molecule has 2 aromatic carbocycles. The number of anilines is 1. The van der Waals surface area contributed by atoms with Crippen LogP contribution in [0.5, 0.6) is 0 Å². The van der Waals surface area contributed by atoms with E-state index in [1.807, 2.05) is 35.2 Å². The first-order valence-corrected chi connectivity index (χ1v) is 9.32. The van der Waals surface area contributed by atoms with Crippen molar-refractivity contribution in [3.05, 3.63) is 65.7 Å². The zero-order chi connectivity index (χ0) is 20.8. The molecule has 1 atom stereocenters. The molecule has 8 nitrogen and oxygen atoms in total. The van der Waals surface area contributed by atoms with Gasteiger partial charge in [0.25, 0.3) is 0 Å². The van der Waals surface area contributed by atoms with Gasteiger partial charge in [-0.25, -0.2) is 9.59 Å². The van der Waals surface area contributed by atoms with Gasteiger partial charge in [-0.05, 0) is 23.8 Å². The molecule has 1 heterocycles. The maximum absolute atomic E-state index is 12.6. The number of nitrogens with zero attached hydrogens (tertiary/aromatic N) is 2. The fraction of sp³-hybridized carbons (Fsp3) is 0.286. The number of benzene rings is 2. The van der Waals surface area contributed by atoms with Gasteiger partial charge in [-0.1, -0.05) is 36.4 Å². The molecule has 3 amide bonds. The van der Waals surface area contributed by atoms with Crippen LogP contribution in [0.2, 0.25) is 0 Å². The topological polar surface area (TPSA) is 105 Å². The molecule has 0 unspecified atom stereocenters. The lowest BCUT2D eigenvalue weighted by atomic mass is 10.0. The summed E-state index contributed by atoms with van der Waals surface area (Å²) >= 11 is 0. The summed E-state index contributed by atoms with van der Waals surface area (Å²) in [6.07, 6.45) is 0. The number of hydrogen-bond donors (Lipinski definition) is 2. The minimum absolute atomic E-state index is 0.262. The minimum atomic E-state index is -0.516. The monoisotopic (exact) mass is 396 g/mol. The van der Waals surface area contributed by atoms with Gasteiger partial charge in [-0.3, -0.25) is 9.69 Å². The van der Waals surface area contributed by atoms with Gasteiger partial charge in [-0.15, -0.1) is 0 Å². The fourth-order valence-electron chi connectivity index (χ4n) is 3.42. The summed E-state index contributed by atoms with van der Waals surface area (Å²) in [5.74, 6) is -0.873. The number of hydrogen-bond acceptors (Lipinski definition) is 5. The van der Waals surface area contributed by atoms with E-state index in [1.54, 1.807) is 29.2 Å². The fourth-order valence-corrected chi connectivity index (χ4v) is 3.42. The smallest absolute Gasteiger partial charge is 0.337 e. The third-order valence-electron chi connectivity index (χ3n) is 4.89. The Hall–Kier alpha value is -3.39. The Morgan fingerprint density at radius 2 is 1.69 bits per heavy atom. The molecule has 1 aliphatic rings. The molecule has 0 spiro atoms. The van der Waals surface area contributed by atoms with E-state index >= 15 is 0 Å². The summed E-state index contributed by atoms with van der Waals surface area (Å²) in [4.78, 5) is 39.9. The molecule has 152 valence electrons. The van der Waals surface area contributed by atoms with Crippen LogP contribution in [0, 0.1) is 0 Å². The van der Waals surface area contributed by atoms with Crippen LogP contribution in [-0.4, -0.2) is 61.0 Å². The molecule has 0 aliphatic carbocycles. The van der Waals surface area contributed by atoms with Crippen LogP contribution in [0.15, 0.2) is 54.6 Å². The highest BCUT2D eigenvalue weighted by Crippen LogP contribution is 2.22. The first-order valence-electron chi connectivity index (χ1n) is 9.32. The molecule has 1 fully saturated rings. The second-order valence-corrected chi connectivity index (χ2v) is 6.74. The lowest BCUT2D eigenvalue weighted by Crippen LogP contribution is -2.52. The number of urea groups is 1. The van der Waals surface area contributed by atoms with Gasteiger partial charge in [-0.2, -0.15) is 0 Å². The number of nitrogens with one attached hydrogen (secondary N) is 1. The van der Waals surface area contributed by atoms with Gasteiger partial charge >= 0.3 is 12.0 Å². The first kappa shape index (κ1) is 20.3. The van der Waals surface area contributed by atoms with Gasteiger partial charge in [0.15, 0.2) is 0 Å². The minimum Gasteiger partial charge on any atom is -0.465 e. The van der Waals surface area contributed by atoms with Crippen LogP contribution in [0.1, 0.15) is 22.0 Å². The zero-order valence-electron chi connectivity index (χ0n) is 16.2. The van der Waals surface area contributed by atoms with Gasteiger partial charge in [0.1, 0.15) is 6.04 Å². The summed E-state index contributed by atoms with van der Waals surface area (Å²) < 4.78 is 4.70. The van der Waals surface area contributed by atoms with Crippen LogP contribution >= 0.6 is 0 Å². The highest BCUT2D eigenvalue weighted by atomic mass is 16.5. The van der Waals surface area contributed by atoms with Crippen molar-refractivity contribution in [3.63, 3.8) is 0 Å². The summed E-state index contributed by atoms with van der Waals surface area (Å²) in [7, 11) is 1.31. The van der Waals surface area contributed by atoms with Crippen LogP contribution in [0.3, 0.4) is 0 Å². The van der Waals surface area contributed by atoms with E-state index in [-0.39, 0.29) is 6.03 Å². The van der Waals surface area contributed by atoms with Crippen molar-refractivity contribution in [2.45, 2.75) is 6.04 Å². The maximum atomic E-state index is 12.6. The molecular weight excluding hydrogens is 372 g/mol. The molecule has 0 radical (unpaired) electrons. The molecule has 2 aromatic rings. The number of primary amides is 1. The van der Waals surface area contributed by atoms with E-state index in [0.29, 0.717) is 37.4 Å². The van der Waals surface area contributed by atoms with Crippen molar-refractivity contribution in [2.24, 2.45) is 5.73 Å². The van der Waals surface area contributed by atoms with Crippen molar-refractivity contribution < 1.29 is 19.1 Å². The number of methoxy groups -OCH3 is 1. The first-order chi connectivity index (χ1) is 14.0. The average molecular weight is 396 g/mol. The largest absolute Gasteiger partial charge is 0.465 e. The van der Waals surface area contributed by atoms with Crippen molar-refractivity contribution in [2.75, 3.05) is 38.6 Å².